The Bertz CT molecular complexity index is 483. The normalized spacial score (nSPS) is 21.7. The highest BCUT2D eigenvalue weighted by atomic mass is 19.1. The van der Waals surface area contributed by atoms with E-state index < -0.39 is 5.54 Å². The second-order valence-corrected chi connectivity index (χ2v) is 6.03. The lowest BCUT2D eigenvalue weighted by atomic mass is 9.80. The molecule has 0 amide bonds. The van der Waals surface area contributed by atoms with Crippen molar-refractivity contribution >= 4 is 0 Å². The molecule has 0 aromatic heterocycles. The SMILES string of the molecule is C=CCC(N)(c1ccccc1F)C(C)N1CCN(C)CC1. The molecule has 0 radical (unpaired) electrons. The predicted octanol–water partition coefficient (Wildman–Crippen LogP) is 2.19. The van der Waals surface area contributed by atoms with Gasteiger partial charge < -0.3 is 10.6 Å². The molecule has 0 bridgehead atoms. The minimum atomic E-state index is -0.747. The molecule has 2 unspecified atom stereocenters. The van der Waals surface area contributed by atoms with Gasteiger partial charge in [-0.3, -0.25) is 4.90 Å². The number of hydrogen-bond acceptors (Lipinski definition) is 3. The lowest BCUT2D eigenvalue weighted by molar-refractivity contribution is 0.0749. The molecule has 1 aromatic carbocycles. The molecule has 1 saturated heterocycles. The molecule has 2 rings (SSSR count). The molecule has 0 saturated carbocycles. The van der Waals surface area contributed by atoms with E-state index in [1.165, 1.54) is 6.07 Å². The van der Waals surface area contributed by atoms with Gasteiger partial charge in [-0.15, -0.1) is 6.58 Å². The zero-order valence-electron chi connectivity index (χ0n) is 13.1. The molecular formula is C17H26FN3. The first-order chi connectivity index (χ1) is 9.99. The Morgan fingerprint density at radius 2 is 1.95 bits per heavy atom. The van der Waals surface area contributed by atoms with Crippen molar-refractivity contribution in [2.75, 3.05) is 33.2 Å². The monoisotopic (exact) mass is 291 g/mol. The number of likely N-dealkylation sites (N-methyl/N-ethyl adjacent to an activating group) is 1. The minimum Gasteiger partial charge on any atom is -0.320 e. The first kappa shape index (κ1) is 16.1. The van der Waals surface area contributed by atoms with Crippen molar-refractivity contribution in [2.24, 2.45) is 5.73 Å². The highest BCUT2D eigenvalue weighted by Crippen LogP contribution is 2.32. The molecule has 0 aliphatic carbocycles. The van der Waals surface area contributed by atoms with Crippen molar-refractivity contribution in [3.05, 3.63) is 48.3 Å². The fourth-order valence-corrected chi connectivity index (χ4v) is 3.12. The van der Waals surface area contributed by atoms with E-state index in [0.717, 1.165) is 26.2 Å². The van der Waals surface area contributed by atoms with Crippen LogP contribution in [0.3, 0.4) is 0 Å². The summed E-state index contributed by atoms with van der Waals surface area (Å²) in [4.78, 5) is 4.66. The summed E-state index contributed by atoms with van der Waals surface area (Å²) < 4.78 is 14.3. The maximum absolute atomic E-state index is 14.3. The number of halogens is 1. The van der Waals surface area contributed by atoms with E-state index in [2.05, 4.69) is 30.4 Å². The smallest absolute Gasteiger partial charge is 0.128 e. The van der Waals surface area contributed by atoms with Crippen molar-refractivity contribution in [3.8, 4) is 0 Å². The number of benzene rings is 1. The van der Waals surface area contributed by atoms with Crippen LogP contribution in [0.2, 0.25) is 0 Å². The Morgan fingerprint density at radius 1 is 1.33 bits per heavy atom. The van der Waals surface area contributed by atoms with Crippen LogP contribution in [0.15, 0.2) is 36.9 Å². The van der Waals surface area contributed by atoms with E-state index in [1.54, 1.807) is 18.2 Å². The van der Waals surface area contributed by atoms with E-state index in [1.807, 2.05) is 6.07 Å². The van der Waals surface area contributed by atoms with Gasteiger partial charge >= 0.3 is 0 Å². The molecule has 116 valence electrons. The summed E-state index contributed by atoms with van der Waals surface area (Å²) in [5.41, 5.74) is 6.51. The molecule has 1 aliphatic heterocycles. The van der Waals surface area contributed by atoms with E-state index in [-0.39, 0.29) is 11.9 Å². The Balaban J connectivity index is 2.29. The maximum atomic E-state index is 14.3. The van der Waals surface area contributed by atoms with Crippen LogP contribution in [0.4, 0.5) is 4.39 Å². The van der Waals surface area contributed by atoms with Crippen LogP contribution in [-0.2, 0) is 5.54 Å². The van der Waals surface area contributed by atoms with Gasteiger partial charge in [-0.25, -0.2) is 4.39 Å². The van der Waals surface area contributed by atoms with Gasteiger partial charge in [0.1, 0.15) is 5.82 Å². The molecule has 21 heavy (non-hydrogen) atoms. The lowest BCUT2D eigenvalue weighted by Crippen LogP contribution is -2.59. The van der Waals surface area contributed by atoms with Gasteiger partial charge in [-0.2, -0.15) is 0 Å². The maximum Gasteiger partial charge on any atom is 0.128 e. The lowest BCUT2D eigenvalue weighted by Gasteiger charge is -2.45. The third-order valence-electron chi connectivity index (χ3n) is 4.69. The van der Waals surface area contributed by atoms with Gasteiger partial charge in [0.25, 0.3) is 0 Å². The van der Waals surface area contributed by atoms with Crippen molar-refractivity contribution in [1.82, 2.24) is 9.80 Å². The fourth-order valence-electron chi connectivity index (χ4n) is 3.12. The number of nitrogens with zero attached hydrogens (tertiary/aromatic N) is 2. The Kier molecular flexibility index (Phi) is 5.14. The number of rotatable bonds is 5. The summed E-state index contributed by atoms with van der Waals surface area (Å²) in [6.45, 7) is 9.87. The van der Waals surface area contributed by atoms with Crippen LogP contribution in [0, 0.1) is 5.82 Å². The molecule has 1 heterocycles. The quantitative estimate of drug-likeness (QED) is 0.844. The molecule has 1 aromatic rings. The molecule has 0 spiro atoms. The van der Waals surface area contributed by atoms with E-state index in [0.29, 0.717) is 12.0 Å². The molecule has 1 aliphatic rings. The average Bonchev–Trinajstić information content (AvgIpc) is 2.48. The first-order valence-corrected chi connectivity index (χ1v) is 7.56. The van der Waals surface area contributed by atoms with Gasteiger partial charge in [0.2, 0.25) is 0 Å². The second-order valence-electron chi connectivity index (χ2n) is 6.03. The Hall–Kier alpha value is -1.23. The van der Waals surface area contributed by atoms with Crippen molar-refractivity contribution < 1.29 is 4.39 Å². The van der Waals surface area contributed by atoms with E-state index in [4.69, 9.17) is 5.73 Å². The minimum absolute atomic E-state index is 0.0566. The van der Waals surface area contributed by atoms with Gasteiger partial charge in [0, 0.05) is 37.8 Å². The summed E-state index contributed by atoms with van der Waals surface area (Å²) in [7, 11) is 2.12. The second kappa shape index (κ2) is 6.69. The zero-order chi connectivity index (χ0) is 15.5. The standard InChI is InChI=1S/C17H26FN3/c1-4-9-17(19,15-7-5-6-8-16(15)18)14(2)21-12-10-20(3)11-13-21/h4-8,14H,1,9-13,19H2,2-3H3. The highest BCUT2D eigenvalue weighted by molar-refractivity contribution is 5.29. The van der Waals surface area contributed by atoms with Crippen molar-refractivity contribution in [1.29, 1.82) is 0 Å². The van der Waals surface area contributed by atoms with Crippen molar-refractivity contribution in [2.45, 2.75) is 24.9 Å². The van der Waals surface area contributed by atoms with Gasteiger partial charge in [0.15, 0.2) is 0 Å². The number of nitrogens with two attached hydrogens (primary N) is 1. The number of piperazine rings is 1. The summed E-state index contributed by atoms with van der Waals surface area (Å²) in [6.07, 6.45) is 2.35. The highest BCUT2D eigenvalue weighted by Gasteiger charge is 2.38. The van der Waals surface area contributed by atoms with Gasteiger partial charge in [0.05, 0.1) is 5.54 Å². The summed E-state index contributed by atoms with van der Waals surface area (Å²) in [5, 5.41) is 0. The predicted molar refractivity (Wildman–Crippen MR) is 85.6 cm³/mol. The summed E-state index contributed by atoms with van der Waals surface area (Å²) >= 11 is 0. The van der Waals surface area contributed by atoms with Gasteiger partial charge in [-0.1, -0.05) is 24.3 Å². The van der Waals surface area contributed by atoms with Crippen molar-refractivity contribution in [3.63, 3.8) is 0 Å². The van der Waals surface area contributed by atoms with Crippen LogP contribution in [0.1, 0.15) is 18.9 Å². The molecule has 1 fully saturated rings. The van der Waals surface area contributed by atoms with Crippen LogP contribution in [-0.4, -0.2) is 49.1 Å². The molecule has 4 heteroatoms. The van der Waals surface area contributed by atoms with E-state index >= 15 is 0 Å². The fraction of sp³-hybridized carbons (Fsp3) is 0.529. The summed E-state index contributed by atoms with van der Waals surface area (Å²) in [6, 6.07) is 6.89. The van der Waals surface area contributed by atoms with Gasteiger partial charge in [-0.05, 0) is 26.5 Å². The zero-order valence-corrected chi connectivity index (χ0v) is 13.1. The Morgan fingerprint density at radius 3 is 2.52 bits per heavy atom. The third kappa shape index (κ3) is 3.34. The van der Waals surface area contributed by atoms with Crippen LogP contribution in [0.5, 0.6) is 0 Å². The van der Waals surface area contributed by atoms with E-state index in [9.17, 15) is 4.39 Å². The largest absolute Gasteiger partial charge is 0.320 e. The number of hydrogen-bond donors (Lipinski definition) is 1. The molecule has 2 atom stereocenters. The van der Waals surface area contributed by atoms with Crippen LogP contribution >= 0.6 is 0 Å². The molecular weight excluding hydrogens is 265 g/mol. The molecule has 3 nitrogen and oxygen atoms in total. The molecule has 2 N–H and O–H groups in total. The Labute approximate surface area is 127 Å². The van der Waals surface area contributed by atoms with Crippen LogP contribution < -0.4 is 5.73 Å². The first-order valence-electron chi connectivity index (χ1n) is 7.56. The van der Waals surface area contributed by atoms with Crippen LogP contribution in [0.25, 0.3) is 0 Å². The topological polar surface area (TPSA) is 32.5 Å². The third-order valence-corrected chi connectivity index (χ3v) is 4.69. The summed E-state index contributed by atoms with van der Waals surface area (Å²) in [5.74, 6) is -0.233. The average molecular weight is 291 g/mol.